The Morgan fingerprint density at radius 1 is 0.900 bits per heavy atom. The molecule has 0 unspecified atom stereocenters. The third kappa shape index (κ3) is 3.81. The second-order valence-corrected chi connectivity index (χ2v) is 8.30. The van der Waals surface area contributed by atoms with Gasteiger partial charge in [0.25, 0.3) is 0 Å². The van der Waals surface area contributed by atoms with Gasteiger partial charge in [-0.3, -0.25) is 4.79 Å². The Morgan fingerprint density at radius 2 is 1.67 bits per heavy atom. The predicted molar refractivity (Wildman–Crippen MR) is 122 cm³/mol. The third-order valence-corrected chi connectivity index (χ3v) is 6.32. The van der Waals surface area contributed by atoms with Gasteiger partial charge in [-0.05, 0) is 29.7 Å². The molecule has 0 aliphatic carbocycles. The van der Waals surface area contributed by atoms with Crippen LogP contribution in [-0.4, -0.2) is 28.2 Å². The van der Waals surface area contributed by atoms with E-state index in [9.17, 15) is 4.79 Å². The van der Waals surface area contributed by atoms with Crippen LogP contribution in [0.4, 0.5) is 5.69 Å². The van der Waals surface area contributed by atoms with E-state index >= 15 is 0 Å². The lowest BCUT2D eigenvalue weighted by atomic mass is 10.1. The van der Waals surface area contributed by atoms with Crippen LogP contribution >= 0.6 is 11.8 Å². The molecule has 148 valence electrons. The summed E-state index contributed by atoms with van der Waals surface area (Å²) < 4.78 is 0. The Labute approximate surface area is 180 Å². The van der Waals surface area contributed by atoms with E-state index in [0.717, 1.165) is 40.4 Å². The van der Waals surface area contributed by atoms with Crippen LogP contribution in [0.25, 0.3) is 10.9 Å². The molecule has 5 heteroatoms. The SMILES string of the molecule is O=C(CSc1nc(Cc2ccccc2)nc2ccccc12)N1CCc2ccccc21. The molecule has 3 aromatic carbocycles. The number of thioether (sulfide) groups is 1. The summed E-state index contributed by atoms with van der Waals surface area (Å²) >= 11 is 1.50. The number of benzene rings is 3. The van der Waals surface area contributed by atoms with Gasteiger partial charge < -0.3 is 4.90 Å². The molecule has 0 fully saturated rings. The minimum Gasteiger partial charge on any atom is -0.311 e. The highest BCUT2D eigenvalue weighted by Crippen LogP contribution is 2.30. The number of para-hydroxylation sites is 2. The number of nitrogens with zero attached hydrogens (tertiary/aromatic N) is 3. The van der Waals surface area contributed by atoms with Gasteiger partial charge in [-0.25, -0.2) is 9.97 Å². The van der Waals surface area contributed by atoms with Gasteiger partial charge in [0.15, 0.2) is 0 Å². The highest BCUT2D eigenvalue weighted by molar-refractivity contribution is 8.00. The van der Waals surface area contributed by atoms with Crippen LogP contribution in [0.2, 0.25) is 0 Å². The average molecular weight is 412 g/mol. The molecule has 30 heavy (non-hydrogen) atoms. The molecule has 4 nitrogen and oxygen atoms in total. The van der Waals surface area contributed by atoms with E-state index in [1.54, 1.807) is 0 Å². The van der Waals surface area contributed by atoms with Crippen molar-refractivity contribution in [2.75, 3.05) is 17.2 Å². The van der Waals surface area contributed by atoms with Gasteiger partial charge in [0.05, 0.1) is 11.3 Å². The largest absolute Gasteiger partial charge is 0.311 e. The lowest BCUT2D eigenvalue weighted by Gasteiger charge is -2.17. The van der Waals surface area contributed by atoms with Crippen molar-refractivity contribution >= 4 is 34.3 Å². The molecular formula is C25H21N3OS. The highest BCUT2D eigenvalue weighted by atomic mass is 32.2. The molecule has 1 aliphatic heterocycles. The molecule has 0 spiro atoms. The summed E-state index contributed by atoms with van der Waals surface area (Å²) in [6, 6.07) is 26.4. The Morgan fingerprint density at radius 3 is 2.57 bits per heavy atom. The first-order valence-corrected chi connectivity index (χ1v) is 11.1. The van der Waals surface area contributed by atoms with Crippen molar-refractivity contribution in [3.05, 3.63) is 95.8 Å². The minimum absolute atomic E-state index is 0.122. The standard InChI is InChI=1S/C25H21N3OS/c29-24(28-15-14-19-10-4-7-13-22(19)28)17-30-25-20-11-5-6-12-21(20)26-23(27-25)16-18-8-2-1-3-9-18/h1-13H,14-17H2. The van der Waals surface area contributed by atoms with E-state index in [0.29, 0.717) is 12.2 Å². The van der Waals surface area contributed by atoms with Crippen molar-refractivity contribution in [2.45, 2.75) is 17.9 Å². The molecule has 0 radical (unpaired) electrons. The third-order valence-electron chi connectivity index (χ3n) is 5.34. The van der Waals surface area contributed by atoms with Crippen LogP contribution in [0.15, 0.2) is 83.9 Å². The van der Waals surface area contributed by atoms with Crippen LogP contribution in [0.5, 0.6) is 0 Å². The first-order chi connectivity index (χ1) is 14.8. The van der Waals surface area contributed by atoms with Crippen molar-refractivity contribution in [1.29, 1.82) is 0 Å². The quantitative estimate of drug-likeness (QED) is 0.346. The topological polar surface area (TPSA) is 46.1 Å². The molecule has 0 atom stereocenters. The normalized spacial score (nSPS) is 12.9. The maximum absolute atomic E-state index is 13.0. The van der Waals surface area contributed by atoms with Crippen molar-refractivity contribution in [1.82, 2.24) is 9.97 Å². The van der Waals surface area contributed by atoms with Crippen LogP contribution in [0.3, 0.4) is 0 Å². The lowest BCUT2D eigenvalue weighted by Crippen LogP contribution is -2.30. The number of aromatic nitrogens is 2. The first-order valence-electron chi connectivity index (χ1n) is 10.1. The van der Waals surface area contributed by atoms with Gasteiger partial charge in [-0.2, -0.15) is 0 Å². The number of rotatable bonds is 5. The molecule has 0 saturated carbocycles. The Balaban J connectivity index is 1.39. The molecular weight excluding hydrogens is 390 g/mol. The van der Waals surface area contributed by atoms with Gasteiger partial charge in [0.2, 0.25) is 5.91 Å². The van der Waals surface area contributed by atoms with Gasteiger partial charge in [-0.15, -0.1) is 0 Å². The fourth-order valence-corrected chi connectivity index (χ4v) is 4.78. The van der Waals surface area contributed by atoms with Crippen LogP contribution < -0.4 is 4.90 Å². The summed E-state index contributed by atoms with van der Waals surface area (Å²) in [5, 5.41) is 1.86. The second-order valence-electron chi connectivity index (χ2n) is 7.34. The second kappa shape index (κ2) is 8.28. The fourth-order valence-electron chi connectivity index (χ4n) is 3.87. The maximum atomic E-state index is 13.0. The van der Waals surface area contributed by atoms with Crippen molar-refractivity contribution in [3.8, 4) is 0 Å². The van der Waals surface area contributed by atoms with Crippen LogP contribution in [0, 0.1) is 0 Å². The predicted octanol–water partition coefficient (Wildman–Crippen LogP) is 4.90. The molecule has 2 heterocycles. The van der Waals surface area contributed by atoms with Crippen LogP contribution in [-0.2, 0) is 17.6 Å². The smallest absolute Gasteiger partial charge is 0.237 e. The number of hydrogen-bond donors (Lipinski definition) is 0. The molecule has 1 aromatic heterocycles. The molecule has 0 saturated heterocycles. The monoisotopic (exact) mass is 411 g/mol. The Kier molecular flexibility index (Phi) is 5.20. The summed E-state index contributed by atoms with van der Waals surface area (Å²) in [6.07, 6.45) is 1.59. The molecule has 4 aromatic rings. The summed E-state index contributed by atoms with van der Waals surface area (Å²) in [7, 11) is 0. The summed E-state index contributed by atoms with van der Waals surface area (Å²) in [5.74, 6) is 1.26. The average Bonchev–Trinajstić information content (AvgIpc) is 3.22. The number of fused-ring (bicyclic) bond motifs is 2. The van der Waals surface area contributed by atoms with Crippen molar-refractivity contribution in [3.63, 3.8) is 0 Å². The van der Waals surface area contributed by atoms with Crippen LogP contribution in [0.1, 0.15) is 17.0 Å². The van der Waals surface area contributed by atoms with E-state index in [4.69, 9.17) is 9.97 Å². The van der Waals surface area contributed by atoms with Crippen molar-refractivity contribution < 1.29 is 4.79 Å². The van der Waals surface area contributed by atoms with E-state index in [-0.39, 0.29) is 5.91 Å². The lowest BCUT2D eigenvalue weighted by molar-refractivity contribution is -0.116. The zero-order chi connectivity index (χ0) is 20.3. The molecule has 0 N–H and O–H groups in total. The van der Waals surface area contributed by atoms with Gasteiger partial charge >= 0.3 is 0 Å². The van der Waals surface area contributed by atoms with Gasteiger partial charge in [-0.1, -0.05) is 78.5 Å². The van der Waals surface area contributed by atoms with E-state index < -0.39 is 0 Å². The van der Waals surface area contributed by atoms with E-state index in [1.165, 1.54) is 22.9 Å². The van der Waals surface area contributed by atoms with E-state index in [2.05, 4.69) is 18.2 Å². The molecule has 1 aliphatic rings. The zero-order valence-corrected chi connectivity index (χ0v) is 17.3. The zero-order valence-electron chi connectivity index (χ0n) is 16.5. The Bertz CT molecular complexity index is 1210. The summed E-state index contributed by atoms with van der Waals surface area (Å²) in [4.78, 5) is 24.4. The summed E-state index contributed by atoms with van der Waals surface area (Å²) in [5.41, 5.74) is 4.38. The molecule has 0 bridgehead atoms. The van der Waals surface area contributed by atoms with Gasteiger partial charge in [0, 0.05) is 24.0 Å². The van der Waals surface area contributed by atoms with Gasteiger partial charge in [0.1, 0.15) is 10.9 Å². The maximum Gasteiger partial charge on any atom is 0.237 e. The molecule has 1 amide bonds. The number of carbonyl (C=O) groups excluding carboxylic acids is 1. The molecule has 5 rings (SSSR count). The number of carbonyl (C=O) groups is 1. The number of anilines is 1. The highest BCUT2D eigenvalue weighted by Gasteiger charge is 2.24. The fraction of sp³-hybridized carbons (Fsp3) is 0.160. The first kappa shape index (κ1) is 18.8. The summed E-state index contributed by atoms with van der Waals surface area (Å²) in [6.45, 7) is 0.752. The van der Waals surface area contributed by atoms with Crippen molar-refractivity contribution in [2.24, 2.45) is 0 Å². The van der Waals surface area contributed by atoms with E-state index in [1.807, 2.05) is 65.6 Å². The number of amides is 1. The number of hydrogen-bond acceptors (Lipinski definition) is 4. The minimum atomic E-state index is 0.122. The Hall–Kier alpha value is -3.18.